The van der Waals surface area contributed by atoms with Crippen LogP contribution in [0.2, 0.25) is 0 Å². The molecule has 0 atom stereocenters. The van der Waals surface area contributed by atoms with Gasteiger partial charge in [-0.3, -0.25) is 0 Å². The van der Waals surface area contributed by atoms with Crippen molar-refractivity contribution in [3.05, 3.63) is 54.1 Å². The highest BCUT2D eigenvalue weighted by atomic mass is 19.1. The molecular weight excluding hydrogens is 510 g/mol. The molecule has 5 heterocycles. The van der Waals surface area contributed by atoms with E-state index in [1.54, 1.807) is 6.07 Å². The van der Waals surface area contributed by atoms with Crippen LogP contribution in [-0.2, 0) is 0 Å². The summed E-state index contributed by atoms with van der Waals surface area (Å²) in [6.45, 7) is 13.7. The number of aryl methyl sites for hydroxylation is 1. The van der Waals surface area contributed by atoms with Crippen LogP contribution in [0.5, 0.6) is 0 Å². The normalized spacial score (nSPS) is 17.4. The summed E-state index contributed by atoms with van der Waals surface area (Å²) in [5.41, 5.74) is 2.72. The zero-order valence-electron chi connectivity index (χ0n) is 23.6. The van der Waals surface area contributed by atoms with Crippen molar-refractivity contribution in [2.75, 3.05) is 42.9 Å². The average Bonchev–Trinajstić information content (AvgIpc) is 3.51. The Hall–Kier alpha value is -3.66. The van der Waals surface area contributed by atoms with Gasteiger partial charge >= 0.3 is 0 Å². The second-order valence-electron chi connectivity index (χ2n) is 11.5. The Morgan fingerprint density at radius 3 is 2.45 bits per heavy atom. The van der Waals surface area contributed by atoms with E-state index in [1.807, 2.05) is 37.6 Å². The molecule has 10 heteroatoms. The predicted octanol–water partition coefficient (Wildman–Crippen LogP) is 6.11. The van der Waals surface area contributed by atoms with Gasteiger partial charge in [-0.05, 0) is 89.3 Å². The second-order valence-corrected chi connectivity index (χ2v) is 11.5. The molecule has 8 nitrogen and oxygen atoms in total. The molecule has 2 aliphatic rings. The van der Waals surface area contributed by atoms with Crippen LogP contribution in [0.25, 0.3) is 22.3 Å². The van der Waals surface area contributed by atoms with Gasteiger partial charge in [0.05, 0.1) is 23.6 Å². The van der Waals surface area contributed by atoms with Gasteiger partial charge in [0.1, 0.15) is 22.9 Å². The van der Waals surface area contributed by atoms with E-state index in [2.05, 4.69) is 48.0 Å². The first-order valence-corrected chi connectivity index (χ1v) is 14.2. The number of aromatic nitrogens is 5. The number of imidazole rings is 1. The van der Waals surface area contributed by atoms with Crippen molar-refractivity contribution in [1.82, 2.24) is 29.4 Å². The van der Waals surface area contributed by atoms with Crippen molar-refractivity contribution in [3.8, 4) is 11.3 Å². The first-order valence-electron chi connectivity index (χ1n) is 14.2. The molecule has 0 aliphatic carbocycles. The molecule has 2 fully saturated rings. The minimum atomic E-state index is -0.632. The number of likely N-dealkylation sites (tertiary alicyclic amines) is 1. The first-order chi connectivity index (χ1) is 19.2. The van der Waals surface area contributed by atoms with Gasteiger partial charge in [-0.2, -0.15) is 0 Å². The number of pyridine rings is 1. The summed E-state index contributed by atoms with van der Waals surface area (Å²) in [5, 5.41) is 3.08. The van der Waals surface area contributed by atoms with Crippen LogP contribution in [-0.4, -0.2) is 62.1 Å². The molecule has 3 aromatic heterocycles. The predicted molar refractivity (Wildman–Crippen MR) is 154 cm³/mol. The lowest BCUT2D eigenvalue weighted by molar-refractivity contribution is 0.125. The highest BCUT2D eigenvalue weighted by Crippen LogP contribution is 2.42. The van der Waals surface area contributed by atoms with Crippen molar-refractivity contribution in [2.45, 2.75) is 53.0 Å². The molecule has 0 bridgehead atoms. The van der Waals surface area contributed by atoms with Crippen LogP contribution in [0.15, 0.2) is 36.7 Å². The van der Waals surface area contributed by atoms with Crippen LogP contribution in [0.1, 0.15) is 51.9 Å². The molecule has 0 radical (unpaired) electrons. The summed E-state index contributed by atoms with van der Waals surface area (Å²) in [5.74, 6) is 0.300. The third-order valence-corrected chi connectivity index (χ3v) is 8.61. The van der Waals surface area contributed by atoms with Crippen molar-refractivity contribution in [1.29, 1.82) is 0 Å². The number of benzene rings is 1. The lowest BCUT2D eigenvalue weighted by Crippen LogP contribution is -2.41. The smallest absolute Gasteiger partial charge is 0.229 e. The van der Waals surface area contributed by atoms with E-state index in [-0.39, 0.29) is 23.2 Å². The zero-order valence-corrected chi connectivity index (χ0v) is 23.6. The molecule has 6 rings (SSSR count). The third kappa shape index (κ3) is 4.89. The van der Waals surface area contributed by atoms with Crippen LogP contribution < -0.4 is 10.2 Å². The molecule has 1 N–H and O–H groups in total. The average molecular weight is 547 g/mol. The molecule has 0 unspecified atom stereocenters. The molecule has 0 saturated carbocycles. The maximum absolute atomic E-state index is 15.0. The third-order valence-electron chi connectivity index (χ3n) is 8.61. The maximum Gasteiger partial charge on any atom is 0.229 e. The molecule has 1 spiro atoms. The van der Waals surface area contributed by atoms with Gasteiger partial charge in [0.15, 0.2) is 11.6 Å². The summed E-state index contributed by atoms with van der Waals surface area (Å²) in [4.78, 5) is 22.4. The van der Waals surface area contributed by atoms with E-state index in [4.69, 9.17) is 0 Å². The van der Waals surface area contributed by atoms with Gasteiger partial charge in [-0.25, -0.2) is 28.7 Å². The first kappa shape index (κ1) is 26.6. The van der Waals surface area contributed by atoms with E-state index in [0.29, 0.717) is 28.1 Å². The van der Waals surface area contributed by atoms with Gasteiger partial charge < -0.3 is 19.7 Å². The van der Waals surface area contributed by atoms with Gasteiger partial charge in [0, 0.05) is 24.7 Å². The minimum Gasteiger partial charge on any atom is -0.370 e. The molecule has 0 amide bonds. The number of nitrogens with one attached hydrogen (secondary N) is 1. The van der Waals surface area contributed by atoms with E-state index >= 15 is 4.39 Å². The Morgan fingerprint density at radius 2 is 1.75 bits per heavy atom. The van der Waals surface area contributed by atoms with E-state index in [9.17, 15) is 4.39 Å². The maximum atomic E-state index is 15.0. The number of hydrogen-bond acceptors (Lipinski definition) is 7. The molecule has 2 aliphatic heterocycles. The fourth-order valence-electron chi connectivity index (χ4n) is 6.36. The highest BCUT2D eigenvalue weighted by Gasteiger charge is 2.40. The van der Waals surface area contributed by atoms with Crippen molar-refractivity contribution >= 4 is 28.5 Å². The fourth-order valence-corrected chi connectivity index (χ4v) is 6.36. The van der Waals surface area contributed by atoms with Crippen molar-refractivity contribution in [3.63, 3.8) is 0 Å². The topological polar surface area (TPSA) is 75.0 Å². The number of halogens is 2. The summed E-state index contributed by atoms with van der Waals surface area (Å²) >= 11 is 0. The zero-order chi connectivity index (χ0) is 28.0. The largest absolute Gasteiger partial charge is 0.370 e. The summed E-state index contributed by atoms with van der Waals surface area (Å²) in [7, 11) is 0. The van der Waals surface area contributed by atoms with Crippen molar-refractivity contribution in [2.24, 2.45) is 5.41 Å². The highest BCUT2D eigenvalue weighted by molar-refractivity contribution is 5.83. The number of fused-ring (bicyclic) bond motifs is 1. The Kier molecular flexibility index (Phi) is 6.90. The Bertz CT molecular complexity index is 1520. The quantitative estimate of drug-likeness (QED) is 0.313. The molecule has 210 valence electrons. The molecule has 40 heavy (non-hydrogen) atoms. The lowest BCUT2D eigenvalue weighted by Gasteiger charge is -2.39. The molecule has 2 saturated heterocycles. The molecular formula is C30H36F2N8. The number of nitrogens with zero attached hydrogens (tertiary/aromatic N) is 7. The number of piperidine rings is 1. The van der Waals surface area contributed by atoms with Gasteiger partial charge in [0.25, 0.3) is 0 Å². The van der Waals surface area contributed by atoms with E-state index in [1.165, 1.54) is 38.4 Å². The Labute approximate surface area is 233 Å². The molecule has 4 aromatic rings. The standard InChI is InChI=1S/C30H36F2N8/c1-5-38-11-8-30(9-12-38)10-13-39(18-30)22-6-7-26(33-16-22)36-29-34-17-24(32)27(37-29)21-14-23(31)28-25(15-21)40(19(2)3)20(4)35-28/h6-7,14-17,19H,5,8-13,18H2,1-4H3,(H,33,34,36,37). The van der Waals surface area contributed by atoms with Gasteiger partial charge in [-0.1, -0.05) is 6.92 Å². The minimum absolute atomic E-state index is 0.0144. The Balaban J connectivity index is 1.20. The molecule has 1 aromatic carbocycles. The number of rotatable bonds is 6. The van der Waals surface area contributed by atoms with E-state index < -0.39 is 11.6 Å². The van der Waals surface area contributed by atoms with Gasteiger partial charge in [-0.15, -0.1) is 0 Å². The fraction of sp³-hybridized carbons (Fsp3) is 0.467. The number of hydrogen-bond donors (Lipinski definition) is 1. The van der Waals surface area contributed by atoms with E-state index in [0.717, 1.165) is 31.5 Å². The van der Waals surface area contributed by atoms with Crippen LogP contribution >= 0.6 is 0 Å². The SMILES string of the molecule is CCN1CCC2(CC1)CCN(c1ccc(Nc3ncc(F)c(-c4cc(F)c5nc(C)n(C(C)C)c5c4)n3)nc1)C2. The van der Waals surface area contributed by atoms with Crippen LogP contribution in [0.4, 0.5) is 26.2 Å². The monoisotopic (exact) mass is 546 g/mol. The summed E-state index contributed by atoms with van der Waals surface area (Å²) in [6.07, 6.45) is 6.70. The van der Waals surface area contributed by atoms with Crippen LogP contribution in [0, 0.1) is 24.0 Å². The Morgan fingerprint density at radius 1 is 0.975 bits per heavy atom. The van der Waals surface area contributed by atoms with Gasteiger partial charge in [0.2, 0.25) is 5.95 Å². The number of anilines is 3. The van der Waals surface area contributed by atoms with Crippen molar-refractivity contribution < 1.29 is 8.78 Å². The lowest BCUT2D eigenvalue weighted by atomic mass is 9.78. The summed E-state index contributed by atoms with van der Waals surface area (Å²) < 4.78 is 31.8. The summed E-state index contributed by atoms with van der Waals surface area (Å²) in [6, 6.07) is 7.02. The van der Waals surface area contributed by atoms with Crippen LogP contribution in [0.3, 0.4) is 0 Å². The second kappa shape index (κ2) is 10.4.